The highest BCUT2D eigenvalue weighted by molar-refractivity contribution is 5.70. The largest absolute Gasteiger partial charge is 0.444 e. The zero-order valence-corrected chi connectivity index (χ0v) is 13.1. The second-order valence-electron chi connectivity index (χ2n) is 7.18. The van der Waals surface area contributed by atoms with Crippen LogP contribution in [0.4, 0.5) is 4.79 Å². The fourth-order valence-electron chi connectivity index (χ4n) is 2.59. The number of epoxide rings is 1. The molecule has 20 heavy (non-hydrogen) atoms. The molecule has 2 aliphatic heterocycles. The van der Waals surface area contributed by atoms with Gasteiger partial charge < -0.3 is 19.3 Å². The highest BCUT2D eigenvalue weighted by Gasteiger charge is 2.62. The molecule has 6 heteroatoms. The maximum atomic E-state index is 12.4. The molecule has 1 N–H and O–H groups in total. The molecule has 1 amide bonds. The third-order valence-electron chi connectivity index (χ3n) is 3.71. The maximum absolute atomic E-state index is 12.4. The van der Waals surface area contributed by atoms with Crippen molar-refractivity contribution in [3.63, 3.8) is 0 Å². The minimum Gasteiger partial charge on any atom is -0.444 e. The Balaban J connectivity index is 2.15. The summed E-state index contributed by atoms with van der Waals surface area (Å²) in [7, 11) is 0. The minimum atomic E-state index is -0.741. The summed E-state index contributed by atoms with van der Waals surface area (Å²) in [4.78, 5) is 14.0. The molecule has 6 nitrogen and oxygen atoms in total. The Kier molecular flexibility index (Phi) is 3.56. The molecule has 116 valence electrons. The molecule has 2 heterocycles. The average molecular weight is 287 g/mol. The number of nitrogens with zero attached hydrogens (tertiary/aromatic N) is 1. The van der Waals surface area contributed by atoms with Crippen LogP contribution in [0.5, 0.6) is 0 Å². The number of carbonyl (C=O) groups excluding carboxylic acids is 1. The predicted molar refractivity (Wildman–Crippen MR) is 72.3 cm³/mol. The van der Waals surface area contributed by atoms with E-state index in [4.69, 9.17) is 14.2 Å². The van der Waals surface area contributed by atoms with E-state index in [-0.39, 0.29) is 18.8 Å². The molecule has 2 fully saturated rings. The Labute approximate surface area is 120 Å². The van der Waals surface area contributed by atoms with E-state index in [0.717, 1.165) is 0 Å². The molecule has 0 aliphatic carbocycles. The molecule has 0 saturated carbocycles. The Morgan fingerprint density at radius 1 is 1.40 bits per heavy atom. The topological polar surface area (TPSA) is 71.5 Å². The molecule has 3 atom stereocenters. The lowest BCUT2D eigenvalue weighted by Crippen LogP contribution is -2.52. The van der Waals surface area contributed by atoms with Gasteiger partial charge in [-0.3, -0.25) is 4.90 Å². The Hall–Kier alpha value is -0.850. The SMILES string of the molecule is CC(C)(C)OC(=O)N1[C@@H]([C@@H]2O[C@@]2(C)CO)COC1(C)C. The zero-order chi connectivity index (χ0) is 15.3. The van der Waals surface area contributed by atoms with E-state index in [1.54, 1.807) is 4.90 Å². The van der Waals surface area contributed by atoms with Gasteiger partial charge in [0.15, 0.2) is 0 Å². The van der Waals surface area contributed by atoms with Crippen molar-refractivity contribution in [1.29, 1.82) is 0 Å². The molecule has 0 spiro atoms. The average Bonchev–Trinajstić information content (AvgIpc) is 2.83. The number of amides is 1. The quantitative estimate of drug-likeness (QED) is 0.779. The van der Waals surface area contributed by atoms with Gasteiger partial charge in [0.1, 0.15) is 23.0 Å². The van der Waals surface area contributed by atoms with Crippen LogP contribution in [0.3, 0.4) is 0 Å². The van der Waals surface area contributed by atoms with Crippen LogP contribution in [-0.2, 0) is 14.2 Å². The van der Waals surface area contributed by atoms with Gasteiger partial charge in [-0.2, -0.15) is 0 Å². The summed E-state index contributed by atoms with van der Waals surface area (Å²) in [6.07, 6.45) is -0.636. The van der Waals surface area contributed by atoms with Crippen molar-refractivity contribution in [3.8, 4) is 0 Å². The van der Waals surface area contributed by atoms with E-state index < -0.39 is 23.0 Å². The van der Waals surface area contributed by atoms with Gasteiger partial charge in [0.05, 0.1) is 19.3 Å². The Bertz CT molecular complexity index is 403. The van der Waals surface area contributed by atoms with Crippen LogP contribution in [0.1, 0.15) is 41.5 Å². The molecular formula is C14H25NO5. The van der Waals surface area contributed by atoms with Crippen LogP contribution in [0, 0.1) is 0 Å². The van der Waals surface area contributed by atoms with E-state index in [9.17, 15) is 9.90 Å². The third-order valence-corrected chi connectivity index (χ3v) is 3.71. The lowest BCUT2D eigenvalue weighted by Gasteiger charge is -2.34. The summed E-state index contributed by atoms with van der Waals surface area (Å²) < 4.78 is 16.7. The lowest BCUT2D eigenvalue weighted by molar-refractivity contribution is -0.0632. The van der Waals surface area contributed by atoms with Gasteiger partial charge in [-0.05, 0) is 41.5 Å². The predicted octanol–water partition coefficient (Wildman–Crippen LogP) is 1.51. The van der Waals surface area contributed by atoms with Gasteiger partial charge in [-0.15, -0.1) is 0 Å². The number of ether oxygens (including phenoxy) is 3. The molecular weight excluding hydrogens is 262 g/mol. The highest BCUT2D eigenvalue weighted by atomic mass is 16.6. The highest BCUT2D eigenvalue weighted by Crippen LogP contribution is 2.44. The molecule has 2 rings (SSSR count). The van der Waals surface area contributed by atoms with E-state index >= 15 is 0 Å². The minimum absolute atomic E-state index is 0.0727. The standard InChI is InChI=1S/C14H25NO5/c1-12(2,3)20-11(17)15-9(7-18-13(15,4)5)10-14(6,8-16)19-10/h9-10,16H,7-8H2,1-6H3/t9-,10+,14+/m1/s1. The number of aliphatic hydroxyl groups is 1. The number of hydrogen-bond acceptors (Lipinski definition) is 5. The second-order valence-corrected chi connectivity index (χ2v) is 7.18. The van der Waals surface area contributed by atoms with Gasteiger partial charge in [-0.1, -0.05) is 0 Å². The maximum Gasteiger partial charge on any atom is 0.412 e. The van der Waals surface area contributed by atoms with E-state index in [0.29, 0.717) is 6.61 Å². The van der Waals surface area contributed by atoms with Crippen LogP contribution in [0.25, 0.3) is 0 Å². The fraction of sp³-hybridized carbons (Fsp3) is 0.929. The van der Waals surface area contributed by atoms with E-state index in [1.807, 2.05) is 41.5 Å². The summed E-state index contributed by atoms with van der Waals surface area (Å²) in [5.41, 5.74) is -1.89. The summed E-state index contributed by atoms with van der Waals surface area (Å²) >= 11 is 0. The van der Waals surface area contributed by atoms with Gasteiger partial charge in [-0.25, -0.2) is 4.79 Å². The number of hydrogen-bond donors (Lipinski definition) is 1. The molecule has 0 radical (unpaired) electrons. The third kappa shape index (κ3) is 2.77. The molecule has 0 aromatic rings. The molecule has 0 unspecified atom stereocenters. The van der Waals surface area contributed by atoms with Crippen molar-refractivity contribution in [3.05, 3.63) is 0 Å². The van der Waals surface area contributed by atoms with Gasteiger partial charge >= 0.3 is 6.09 Å². The van der Waals surface area contributed by atoms with E-state index in [1.165, 1.54) is 0 Å². The Morgan fingerprint density at radius 3 is 2.45 bits per heavy atom. The second kappa shape index (κ2) is 4.58. The fourth-order valence-corrected chi connectivity index (χ4v) is 2.59. The molecule has 0 aromatic carbocycles. The first kappa shape index (κ1) is 15.5. The summed E-state index contributed by atoms with van der Waals surface area (Å²) in [6, 6.07) is -0.239. The van der Waals surface area contributed by atoms with Crippen molar-refractivity contribution >= 4 is 6.09 Å². The molecule has 0 aromatic heterocycles. The number of aliphatic hydroxyl groups excluding tert-OH is 1. The molecule has 2 aliphatic rings. The normalized spacial score (nSPS) is 36.0. The van der Waals surface area contributed by atoms with Gasteiger partial charge in [0.2, 0.25) is 0 Å². The van der Waals surface area contributed by atoms with Crippen molar-refractivity contribution in [2.45, 2.75) is 70.6 Å². The molecule has 2 saturated heterocycles. The smallest absolute Gasteiger partial charge is 0.412 e. The Morgan fingerprint density at radius 2 is 2.00 bits per heavy atom. The summed E-state index contributed by atoms with van der Waals surface area (Å²) in [5, 5.41) is 9.34. The van der Waals surface area contributed by atoms with E-state index in [2.05, 4.69) is 0 Å². The first-order valence-corrected chi connectivity index (χ1v) is 6.95. The summed E-state index contributed by atoms with van der Waals surface area (Å²) in [6.45, 7) is 11.3. The van der Waals surface area contributed by atoms with Crippen molar-refractivity contribution in [1.82, 2.24) is 4.90 Å². The zero-order valence-electron chi connectivity index (χ0n) is 13.1. The van der Waals surface area contributed by atoms with Crippen LogP contribution in [-0.4, -0.2) is 58.4 Å². The monoisotopic (exact) mass is 287 g/mol. The number of rotatable bonds is 2. The van der Waals surface area contributed by atoms with Crippen molar-refractivity contribution in [2.24, 2.45) is 0 Å². The van der Waals surface area contributed by atoms with Crippen LogP contribution in [0.2, 0.25) is 0 Å². The molecule has 0 bridgehead atoms. The van der Waals surface area contributed by atoms with Crippen molar-refractivity contribution in [2.75, 3.05) is 13.2 Å². The van der Waals surface area contributed by atoms with Gasteiger partial charge in [0, 0.05) is 0 Å². The van der Waals surface area contributed by atoms with Crippen LogP contribution >= 0.6 is 0 Å². The van der Waals surface area contributed by atoms with Crippen molar-refractivity contribution < 1.29 is 24.1 Å². The first-order valence-electron chi connectivity index (χ1n) is 6.95. The number of carbonyl (C=O) groups is 1. The van der Waals surface area contributed by atoms with Crippen LogP contribution < -0.4 is 0 Å². The first-order chi connectivity index (χ1) is 9.00. The van der Waals surface area contributed by atoms with Gasteiger partial charge in [0.25, 0.3) is 0 Å². The lowest BCUT2D eigenvalue weighted by atomic mass is 10.0. The summed E-state index contributed by atoms with van der Waals surface area (Å²) in [5.74, 6) is 0. The van der Waals surface area contributed by atoms with Crippen LogP contribution in [0.15, 0.2) is 0 Å².